The van der Waals surface area contributed by atoms with Gasteiger partial charge in [0.25, 0.3) is 0 Å². The molecule has 20 heavy (non-hydrogen) atoms. The maximum atomic E-state index is 3.53. The van der Waals surface area contributed by atoms with Crippen molar-refractivity contribution in [1.82, 2.24) is 5.32 Å². The maximum Gasteiger partial charge on any atom is 0.0376 e. The second-order valence-electron chi connectivity index (χ2n) is 5.00. The number of rotatable bonds is 8. The fraction of sp³-hybridized carbons (Fsp3) is 0.333. The Morgan fingerprint density at radius 2 is 1.55 bits per heavy atom. The van der Waals surface area contributed by atoms with E-state index >= 15 is 0 Å². The first-order valence-electron chi connectivity index (χ1n) is 7.46. The van der Waals surface area contributed by atoms with Gasteiger partial charge >= 0.3 is 0 Å². The number of benzene rings is 2. The summed E-state index contributed by atoms with van der Waals surface area (Å²) >= 11 is 0. The molecule has 0 bridgehead atoms. The van der Waals surface area contributed by atoms with Gasteiger partial charge in [0.2, 0.25) is 0 Å². The van der Waals surface area contributed by atoms with E-state index in [0.717, 1.165) is 26.1 Å². The molecule has 2 aromatic rings. The first kappa shape index (κ1) is 14.6. The Balaban J connectivity index is 1.92. The standard InChI is InChI=1S/C18H24N2/c1-2-12-19-13-14-20-18-11-7-6-10-17(18)15-16-8-4-3-5-9-16/h3-11,19-20H,2,12-15H2,1H3. The summed E-state index contributed by atoms with van der Waals surface area (Å²) in [5.41, 5.74) is 3.95. The van der Waals surface area contributed by atoms with Crippen LogP contribution < -0.4 is 10.6 Å². The average Bonchev–Trinajstić information content (AvgIpc) is 2.50. The zero-order valence-corrected chi connectivity index (χ0v) is 12.2. The molecule has 0 aromatic heterocycles. The summed E-state index contributed by atoms with van der Waals surface area (Å²) in [5, 5.41) is 6.94. The zero-order valence-electron chi connectivity index (χ0n) is 12.2. The number of anilines is 1. The minimum Gasteiger partial charge on any atom is -0.384 e. The van der Waals surface area contributed by atoms with Crippen LogP contribution in [0.25, 0.3) is 0 Å². The molecule has 106 valence electrons. The van der Waals surface area contributed by atoms with Crippen LogP contribution in [0.4, 0.5) is 5.69 Å². The van der Waals surface area contributed by atoms with E-state index in [0.29, 0.717) is 0 Å². The highest BCUT2D eigenvalue weighted by Crippen LogP contribution is 2.18. The molecule has 2 N–H and O–H groups in total. The van der Waals surface area contributed by atoms with Gasteiger partial charge in [0.1, 0.15) is 0 Å². The van der Waals surface area contributed by atoms with Crippen molar-refractivity contribution in [1.29, 1.82) is 0 Å². The van der Waals surface area contributed by atoms with Gasteiger partial charge in [-0.3, -0.25) is 0 Å². The van der Waals surface area contributed by atoms with Crippen LogP contribution in [0.1, 0.15) is 24.5 Å². The third-order valence-corrected chi connectivity index (χ3v) is 3.30. The highest BCUT2D eigenvalue weighted by Gasteiger charge is 2.02. The highest BCUT2D eigenvalue weighted by atomic mass is 14.9. The van der Waals surface area contributed by atoms with E-state index < -0.39 is 0 Å². The van der Waals surface area contributed by atoms with E-state index in [9.17, 15) is 0 Å². The van der Waals surface area contributed by atoms with Crippen LogP contribution >= 0.6 is 0 Å². The average molecular weight is 268 g/mol. The van der Waals surface area contributed by atoms with Crippen LogP contribution in [0, 0.1) is 0 Å². The number of hydrogen-bond acceptors (Lipinski definition) is 2. The summed E-state index contributed by atoms with van der Waals surface area (Å²) in [6.45, 7) is 5.25. The number of hydrogen-bond donors (Lipinski definition) is 2. The van der Waals surface area contributed by atoms with Crippen molar-refractivity contribution in [2.45, 2.75) is 19.8 Å². The topological polar surface area (TPSA) is 24.1 Å². The van der Waals surface area contributed by atoms with Gasteiger partial charge in [0, 0.05) is 18.8 Å². The summed E-state index contributed by atoms with van der Waals surface area (Å²) in [6, 6.07) is 19.2. The van der Waals surface area contributed by atoms with E-state index in [2.05, 4.69) is 72.2 Å². The van der Waals surface area contributed by atoms with Gasteiger partial charge in [-0.1, -0.05) is 55.5 Å². The van der Waals surface area contributed by atoms with Crippen molar-refractivity contribution in [2.75, 3.05) is 25.0 Å². The maximum absolute atomic E-state index is 3.53. The molecule has 0 fully saturated rings. The largest absolute Gasteiger partial charge is 0.384 e. The van der Waals surface area contributed by atoms with Gasteiger partial charge in [-0.2, -0.15) is 0 Å². The number of nitrogens with one attached hydrogen (secondary N) is 2. The van der Waals surface area contributed by atoms with Gasteiger partial charge < -0.3 is 10.6 Å². The molecular formula is C18H24N2. The summed E-state index contributed by atoms with van der Waals surface area (Å²) in [5.74, 6) is 0. The Kier molecular flexibility index (Phi) is 6.12. The third-order valence-electron chi connectivity index (χ3n) is 3.30. The molecule has 2 aromatic carbocycles. The monoisotopic (exact) mass is 268 g/mol. The molecule has 2 nitrogen and oxygen atoms in total. The van der Waals surface area contributed by atoms with Crippen LogP contribution in [-0.4, -0.2) is 19.6 Å². The summed E-state index contributed by atoms with van der Waals surface area (Å²) in [6.07, 6.45) is 2.16. The predicted octanol–water partition coefficient (Wildman–Crippen LogP) is 3.69. The molecule has 0 radical (unpaired) electrons. The molecule has 0 saturated carbocycles. The van der Waals surface area contributed by atoms with Crippen molar-refractivity contribution >= 4 is 5.69 Å². The van der Waals surface area contributed by atoms with Crippen LogP contribution in [0.2, 0.25) is 0 Å². The molecule has 0 atom stereocenters. The van der Waals surface area contributed by atoms with Gasteiger partial charge in [0.05, 0.1) is 0 Å². The Morgan fingerprint density at radius 3 is 2.35 bits per heavy atom. The van der Waals surface area contributed by atoms with Gasteiger partial charge in [-0.25, -0.2) is 0 Å². The normalized spacial score (nSPS) is 10.4. The van der Waals surface area contributed by atoms with Gasteiger partial charge in [0.15, 0.2) is 0 Å². The lowest BCUT2D eigenvalue weighted by Gasteiger charge is -2.12. The molecule has 0 aliphatic rings. The lowest BCUT2D eigenvalue weighted by Crippen LogP contribution is -2.23. The molecule has 0 spiro atoms. The van der Waals surface area contributed by atoms with E-state index in [1.54, 1.807) is 0 Å². The fourth-order valence-corrected chi connectivity index (χ4v) is 2.25. The fourth-order valence-electron chi connectivity index (χ4n) is 2.25. The third kappa shape index (κ3) is 4.71. The van der Waals surface area contributed by atoms with E-state index in [4.69, 9.17) is 0 Å². The molecule has 0 aliphatic carbocycles. The quantitative estimate of drug-likeness (QED) is 0.714. The van der Waals surface area contributed by atoms with E-state index in [1.807, 2.05) is 0 Å². The van der Waals surface area contributed by atoms with Crippen LogP contribution in [-0.2, 0) is 6.42 Å². The molecule has 0 aliphatic heterocycles. The lowest BCUT2D eigenvalue weighted by molar-refractivity contribution is 0.687. The SMILES string of the molecule is CCCNCCNc1ccccc1Cc1ccccc1. The second kappa shape index (κ2) is 8.39. The second-order valence-corrected chi connectivity index (χ2v) is 5.00. The summed E-state index contributed by atoms with van der Waals surface area (Å²) in [7, 11) is 0. The van der Waals surface area contributed by atoms with Crippen molar-refractivity contribution < 1.29 is 0 Å². The summed E-state index contributed by atoms with van der Waals surface area (Å²) < 4.78 is 0. The Morgan fingerprint density at radius 1 is 0.800 bits per heavy atom. The van der Waals surface area contributed by atoms with Crippen molar-refractivity contribution in [2.24, 2.45) is 0 Å². The molecule has 2 rings (SSSR count). The lowest BCUT2D eigenvalue weighted by atomic mass is 10.0. The van der Waals surface area contributed by atoms with Crippen molar-refractivity contribution in [3.63, 3.8) is 0 Å². The minimum atomic E-state index is 0.964. The smallest absolute Gasteiger partial charge is 0.0376 e. The van der Waals surface area contributed by atoms with Crippen LogP contribution in [0.15, 0.2) is 54.6 Å². The summed E-state index contributed by atoms with van der Waals surface area (Å²) in [4.78, 5) is 0. The Bertz CT molecular complexity index is 494. The molecular weight excluding hydrogens is 244 g/mol. The van der Waals surface area contributed by atoms with Crippen molar-refractivity contribution in [3.05, 3.63) is 65.7 Å². The minimum absolute atomic E-state index is 0.964. The van der Waals surface area contributed by atoms with Gasteiger partial charge in [-0.05, 0) is 36.6 Å². The van der Waals surface area contributed by atoms with Crippen molar-refractivity contribution in [3.8, 4) is 0 Å². The highest BCUT2D eigenvalue weighted by molar-refractivity contribution is 5.52. The van der Waals surface area contributed by atoms with E-state index in [-0.39, 0.29) is 0 Å². The van der Waals surface area contributed by atoms with E-state index in [1.165, 1.54) is 23.2 Å². The predicted molar refractivity (Wildman–Crippen MR) is 87.3 cm³/mol. The molecule has 0 saturated heterocycles. The Labute approximate surface area is 122 Å². The van der Waals surface area contributed by atoms with Crippen LogP contribution in [0.3, 0.4) is 0 Å². The molecule has 0 amide bonds. The van der Waals surface area contributed by atoms with Gasteiger partial charge in [-0.15, -0.1) is 0 Å². The first-order valence-corrected chi connectivity index (χ1v) is 7.46. The Hall–Kier alpha value is -1.80. The number of para-hydroxylation sites is 1. The molecule has 2 heteroatoms. The van der Waals surface area contributed by atoms with Crippen LogP contribution in [0.5, 0.6) is 0 Å². The molecule has 0 heterocycles. The first-order chi connectivity index (χ1) is 9.90. The zero-order chi connectivity index (χ0) is 14.0. The molecule has 0 unspecified atom stereocenters.